The molecular formula is C21H31ClIN3O2. The second-order valence-corrected chi connectivity index (χ2v) is 8.29. The fourth-order valence-electron chi connectivity index (χ4n) is 4.18. The molecule has 1 N–H and O–H groups in total. The highest BCUT2D eigenvalue weighted by molar-refractivity contribution is 14.0. The average Bonchev–Trinajstić information content (AvgIpc) is 3.27. The first-order valence-corrected chi connectivity index (χ1v) is 10.6. The average molecular weight is 520 g/mol. The Morgan fingerprint density at radius 3 is 2.82 bits per heavy atom. The van der Waals surface area contributed by atoms with Crippen LogP contribution in [0.4, 0.5) is 0 Å². The number of rotatable bonds is 5. The molecule has 2 heterocycles. The highest BCUT2D eigenvalue weighted by Crippen LogP contribution is 2.41. The van der Waals surface area contributed by atoms with E-state index in [1.165, 1.54) is 12.0 Å². The first kappa shape index (κ1) is 22.1. The van der Waals surface area contributed by atoms with Gasteiger partial charge < -0.3 is 19.7 Å². The van der Waals surface area contributed by atoms with E-state index in [0.717, 1.165) is 63.0 Å². The van der Waals surface area contributed by atoms with E-state index in [9.17, 15) is 0 Å². The number of aliphatic imine (C=N–C) groups is 1. The van der Waals surface area contributed by atoms with Crippen LogP contribution in [0.1, 0.15) is 43.6 Å². The Hall–Kier alpha value is -0.570. The van der Waals surface area contributed by atoms with E-state index < -0.39 is 0 Å². The molecule has 1 aromatic carbocycles. The summed E-state index contributed by atoms with van der Waals surface area (Å²) in [6.45, 7) is 3.63. The van der Waals surface area contributed by atoms with Crippen molar-refractivity contribution < 1.29 is 9.47 Å². The van der Waals surface area contributed by atoms with Crippen LogP contribution in [0.5, 0.6) is 0 Å². The summed E-state index contributed by atoms with van der Waals surface area (Å²) in [7, 11) is 1.87. The summed E-state index contributed by atoms with van der Waals surface area (Å²) in [5.74, 6) is 1.55. The Balaban J connectivity index is 0.00000225. The number of guanidine groups is 1. The van der Waals surface area contributed by atoms with E-state index >= 15 is 0 Å². The largest absolute Gasteiger partial charge is 0.376 e. The Labute approximate surface area is 190 Å². The van der Waals surface area contributed by atoms with Crippen molar-refractivity contribution in [2.45, 2.75) is 56.3 Å². The van der Waals surface area contributed by atoms with Gasteiger partial charge in [-0.05, 0) is 49.8 Å². The van der Waals surface area contributed by atoms with Crippen LogP contribution in [0.2, 0.25) is 5.02 Å². The summed E-state index contributed by atoms with van der Waals surface area (Å²) in [4.78, 5) is 6.88. The van der Waals surface area contributed by atoms with Crippen LogP contribution in [0.3, 0.4) is 0 Å². The summed E-state index contributed by atoms with van der Waals surface area (Å²) >= 11 is 6.13. The van der Waals surface area contributed by atoms with Crippen molar-refractivity contribution in [2.24, 2.45) is 4.99 Å². The molecule has 1 saturated carbocycles. The molecule has 2 saturated heterocycles. The Morgan fingerprint density at radius 1 is 1.32 bits per heavy atom. The van der Waals surface area contributed by atoms with E-state index in [4.69, 9.17) is 21.1 Å². The van der Waals surface area contributed by atoms with Crippen LogP contribution in [0.15, 0.2) is 29.3 Å². The second-order valence-electron chi connectivity index (χ2n) is 7.85. The summed E-state index contributed by atoms with van der Waals surface area (Å²) in [6, 6.07) is 8.66. The van der Waals surface area contributed by atoms with Gasteiger partial charge in [-0.2, -0.15) is 0 Å². The Kier molecular flexibility index (Phi) is 8.26. The molecule has 5 nitrogen and oxygen atoms in total. The molecule has 2 aliphatic heterocycles. The molecule has 28 heavy (non-hydrogen) atoms. The Morgan fingerprint density at radius 2 is 2.14 bits per heavy atom. The number of hydrogen-bond acceptors (Lipinski definition) is 3. The lowest BCUT2D eigenvalue weighted by Gasteiger charge is -2.34. The molecule has 3 fully saturated rings. The van der Waals surface area contributed by atoms with Gasteiger partial charge in [-0.1, -0.05) is 23.7 Å². The first-order valence-electron chi connectivity index (χ1n) is 10.2. The fourth-order valence-corrected chi connectivity index (χ4v) is 4.38. The fraction of sp³-hybridized carbons (Fsp3) is 0.667. The van der Waals surface area contributed by atoms with Gasteiger partial charge in [0.25, 0.3) is 0 Å². The lowest BCUT2D eigenvalue weighted by atomic mass is 10.1. The second kappa shape index (κ2) is 10.5. The minimum absolute atomic E-state index is 0. The van der Waals surface area contributed by atoms with E-state index in [0.29, 0.717) is 24.2 Å². The van der Waals surface area contributed by atoms with Crippen LogP contribution in [-0.4, -0.2) is 62.5 Å². The minimum Gasteiger partial charge on any atom is -0.376 e. The van der Waals surface area contributed by atoms with Crippen molar-refractivity contribution in [3.8, 4) is 0 Å². The molecule has 4 rings (SSSR count). The smallest absolute Gasteiger partial charge is 0.193 e. The van der Waals surface area contributed by atoms with Gasteiger partial charge in [0.2, 0.25) is 0 Å². The number of piperidine rings is 1. The van der Waals surface area contributed by atoms with Crippen LogP contribution >= 0.6 is 35.6 Å². The third kappa shape index (κ3) is 5.74. The van der Waals surface area contributed by atoms with E-state index in [2.05, 4.69) is 27.3 Å². The molecule has 0 spiro atoms. The van der Waals surface area contributed by atoms with Crippen molar-refractivity contribution in [3.05, 3.63) is 34.9 Å². The number of nitrogens with zero attached hydrogens (tertiary/aromatic N) is 2. The predicted octanol–water partition coefficient (Wildman–Crippen LogP) is 4.05. The van der Waals surface area contributed by atoms with Crippen LogP contribution in [-0.2, 0) is 9.47 Å². The zero-order chi connectivity index (χ0) is 18.6. The lowest BCUT2D eigenvalue weighted by Crippen LogP contribution is -2.48. The first-order chi connectivity index (χ1) is 13.2. The third-order valence-electron chi connectivity index (χ3n) is 5.88. The van der Waals surface area contributed by atoms with Gasteiger partial charge in [0.15, 0.2) is 5.96 Å². The van der Waals surface area contributed by atoms with Crippen LogP contribution in [0, 0.1) is 0 Å². The minimum atomic E-state index is 0. The number of ether oxygens (including phenoxy) is 2. The van der Waals surface area contributed by atoms with Crippen molar-refractivity contribution in [2.75, 3.05) is 33.4 Å². The third-order valence-corrected chi connectivity index (χ3v) is 6.11. The molecule has 0 aromatic heterocycles. The number of hydrogen-bond donors (Lipinski definition) is 1. The van der Waals surface area contributed by atoms with Crippen molar-refractivity contribution in [1.82, 2.24) is 10.2 Å². The molecule has 3 aliphatic rings. The zero-order valence-corrected chi connectivity index (χ0v) is 19.6. The number of halogens is 2. The molecule has 1 aromatic rings. The predicted molar refractivity (Wildman–Crippen MR) is 124 cm³/mol. The van der Waals surface area contributed by atoms with Crippen molar-refractivity contribution in [3.63, 3.8) is 0 Å². The van der Waals surface area contributed by atoms with Gasteiger partial charge in [0, 0.05) is 43.7 Å². The molecule has 1 aliphatic carbocycles. The number of likely N-dealkylation sites (tertiary alicyclic amines) is 1. The summed E-state index contributed by atoms with van der Waals surface area (Å²) in [5, 5.41) is 4.45. The summed E-state index contributed by atoms with van der Waals surface area (Å²) in [5.41, 5.74) is 1.32. The SMILES string of the molecule is CN=C(NC1CC1c1cccc(Cl)c1)N1CCC(OCC2CCCO2)CC1.I. The normalized spacial score (nSPS) is 28.1. The lowest BCUT2D eigenvalue weighted by molar-refractivity contribution is -0.0367. The highest BCUT2D eigenvalue weighted by Gasteiger charge is 2.40. The molecule has 3 atom stereocenters. The van der Waals surface area contributed by atoms with Gasteiger partial charge in [0.05, 0.1) is 18.8 Å². The van der Waals surface area contributed by atoms with Gasteiger partial charge in [-0.3, -0.25) is 4.99 Å². The highest BCUT2D eigenvalue weighted by atomic mass is 127. The van der Waals surface area contributed by atoms with Crippen molar-refractivity contribution in [1.29, 1.82) is 0 Å². The zero-order valence-electron chi connectivity index (χ0n) is 16.5. The molecule has 7 heteroatoms. The monoisotopic (exact) mass is 519 g/mol. The maximum absolute atomic E-state index is 6.13. The molecular weight excluding hydrogens is 489 g/mol. The number of nitrogens with one attached hydrogen (secondary N) is 1. The van der Waals surface area contributed by atoms with E-state index in [1.54, 1.807) is 0 Å². The quantitative estimate of drug-likeness (QED) is 0.362. The van der Waals surface area contributed by atoms with Gasteiger partial charge in [-0.25, -0.2) is 0 Å². The van der Waals surface area contributed by atoms with E-state index in [1.807, 2.05) is 19.2 Å². The molecule has 3 unspecified atom stereocenters. The van der Waals surface area contributed by atoms with Gasteiger partial charge in [0.1, 0.15) is 0 Å². The van der Waals surface area contributed by atoms with Gasteiger partial charge in [-0.15, -0.1) is 24.0 Å². The molecule has 156 valence electrons. The summed E-state index contributed by atoms with van der Waals surface area (Å²) in [6.07, 6.45) is 6.22. The number of benzene rings is 1. The maximum atomic E-state index is 6.13. The summed E-state index contributed by atoms with van der Waals surface area (Å²) < 4.78 is 11.7. The van der Waals surface area contributed by atoms with Crippen molar-refractivity contribution >= 4 is 41.5 Å². The van der Waals surface area contributed by atoms with Crippen LogP contribution in [0.25, 0.3) is 0 Å². The standard InChI is InChI=1S/C21H30ClN3O2.HI/c1-23-21(24-20-13-19(20)15-4-2-5-16(22)12-15)25-9-7-17(8-10-25)27-14-18-6-3-11-26-18;/h2,4-5,12,17-20H,3,6-11,13-14H2,1H3,(H,23,24);1H. The maximum Gasteiger partial charge on any atom is 0.193 e. The molecule has 0 bridgehead atoms. The van der Waals surface area contributed by atoms with Gasteiger partial charge >= 0.3 is 0 Å². The van der Waals surface area contributed by atoms with E-state index in [-0.39, 0.29) is 24.0 Å². The Bertz CT molecular complexity index is 661. The topological polar surface area (TPSA) is 46.1 Å². The molecule has 0 radical (unpaired) electrons. The van der Waals surface area contributed by atoms with Crippen LogP contribution < -0.4 is 5.32 Å². The molecule has 0 amide bonds.